The van der Waals surface area contributed by atoms with Crippen LogP contribution in [0.15, 0.2) is 18.2 Å². The summed E-state index contributed by atoms with van der Waals surface area (Å²) in [6.45, 7) is 2.11. The van der Waals surface area contributed by atoms with E-state index in [0.717, 1.165) is 31.5 Å². The van der Waals surface area contributed by atoms with E-state index in [4.69, 9.17) is 0 Å². The van der Waals surface area contributed by atoms with Crippen LogP contribution in [-0.2, 0) is 9.59 Å². The van der Waals surface area contributed by atoms with Crippen molar-refractivity contribution in [3.05, 3.63) is 29.6 Å². The van der Waals surface area contributed by atoms with Gasteiger partial charge in [0.05, 0.1) is 0 Å². The summed E-state index contributed by atoms with van der Waals surface area (Å²) in [5, 5.41) is 5.72. The normalized spacial score (nSPS) is 20.5. The van der Waals surface area contributed by atoms with Gasteiger partial charge in [-0.25, -0.2) is 4.39 Å². The lowest BCUT2D eigenvalue weighted by Gasteiger charge is -2.16. The summed E-state index contributed by atoms with van der Waals surface area (Å²) >= 11 is 0. The molecule has 21 heavy (non-hydrogen) atoms. The van der Waals surface area contributed by atoms with E-state index in [-0.39, 0.29) is 17.6 Å². The second-order valence-electron chi connectivity index (χ2n) is 5.45. The Morgan fingerprint density at radius 1 is 1.38 bits per heavy atom. The SMILES string of the molecule is O=C1Nc2cc(F)ccc2C1NCCC(=O)N1CCCC1. The van der Waals surface area contributed by atoms with E-state index in [2.05, 4.69) is 10.6 Å². The lowest BCUT2D eigenvalue weighted by Crippen LogP contribution is -2.33. The van der Waals surface area contributed by atoms with Crippen LogP contribution in [0, 0.1) is 5.82 Å². The van der Waals surface area contributed by atoms with Gasteiger partial charge in [0.2, 0.25) is 11.8 Å². The Hall–Kier alpha value is -1.95. The van der Waals surface area contributed by atoms with Crippen molar-refractivity contribution in [3.63, 3.8) is 0 Å². The highest BCUT2D eigenvalue weighted by Gasteiger charge is 2.30. The predicted molar refractivity (Wildman–Crippen MR) is 76.2 cm³/mol. The van der Waals surface area contributed by atoms with E-state index < -0.39 is 6.04 Å². The molecule has 3 rings (SSSR count). The zero-order valence-electron chi connectivity index (χ0n) is 11.7. The first-order valence-electron chi connectivity index (χ1n) is 7.26. The Morgan fingerprint density at radius 3 is 2.90 bits per heavy atom. The lowest BCUT2D eigenvalue weighted by molar-refractivity contribution is -0.130. The van der Waals surface area contributed by atoms with Gasteiger partial charge >= 0.3 is 0 Å². The smallest absolute Gasteiger partial charge is 0.246 e. The molecule has 1 aromatic carbocycles. The highest BCUT2D eigenvalue weighted by molar-refractivity contribution is 6.02. The highest BCUT2D eigenvalue weighted by Crippen LogP contribution is 2.31. The van der Waals surface area contributed by atoms with Gasteiger partial charge < -0.3 is 15.5 Å². The van der Waals surface area contributed by atoms with Gasteiger partial charge in [-0.15, -0.1) is 0 Å². The summed E-state index contributed by atoms with van der Waals surface area (Å²) in [7, 11) is 0. The molecule has 0 spiro atoms. The number of fused-ring (bicyclic) bond motifs is 1. The number of carbonyl (C=O) groups is 2. The van der Waals surface area contributed by atoms with Crippen LogP contribution in [0.4, 0.5) is 10.1 Å². The molecule has 2 N–H and O–H groups in total. The van der Waals surface area contributed by atoms with Crippen molar-refractivity contribution >= 4 is 17.5 Å². The lowest BCUT2D eigenvalue weighted by atomic mass is 10.1. The van der Waals surface area contributed by atoms with Crippen LogP contribution in [0.3, 0.4) is 0 Å². The topological polar surface area (TPSA) is 61.4 Å². The van der Waals surface area contributed by atoms with E-state index >= 15 is 0 Å². The summed E-state index contributed by atoms with van der Waals surface area (Å²) < 4.78 is 13.1. The van der Waals surface area contributed by atoms with Crippen LogP contribution in [-0.4, -0.2) is 36.3 Å². The first kappa shape index (κ1) is 14.0. The summed E-state index contributed by atoms with van der Waals surface area (Å²) in [5.41, 5.74) is 1.23. The van der Waals surface area contributed by atoms with Crippen molar-refractivity contribution < 1.29 is 14.0 Å². The Balaban J connectivity index is 1.56. The second-order valence-corrected chi connectivity index (χ2v) is 5.45. The molecule has 2 heterocycles. The van der Waals surface area contributed by atoms with Crippen molar-refractivity contribution in [1.29, 1.82) is 0 Å². The number of nitrogens with zero attached hydrogens (tertiary/aromatic N) is 1. The zero-order chi connectivity index (χ0) is 14.8. The van der Waals surface area contributed by atoms with Gasteiger partial charge in [0.15, 0.2) is 0 Å². The number of nitrogens with one attached hydrogen (secondary N) is 2. The average Bonchev–Trinajstić information content (AvgIpc) is 3.07. The Bertz CT molecular complexity index is 570. The number of hydrogen-bond donors (Lipinski definition) is 2. The molecule has 0 bridgehead atoms. The molecule has 1 fully saturated rings. The molecule has 2 aliphatic heterocycles. The van der Waals surface area contributed by atoms with Crippen molar-refractivity contribution in [2.75, 3.05) is 25.0 Å². The number of rotatable bonds is 4. The summed E-state index contributed by atoms with van der Waals surface area (Å²) in [4.78, 5) is 25.7. The molecule has 1 unspecified atom stereocenters. The standard InChI is InChI=1S/C15H18FN3O2/c16-10-3-4-11-12(9-10)18-15(21)14(11)17-6-5-13(20)19-7-1-2-8-19/h3-4,9,14,17H,1-2,5-8H2,(H,18,21). The molecule has 2 amide bonds. The molecule has 1 saturated heterocycles. The van der Waals surface area contributed by atoms with E-state index in [0.29, 0.717) is 18.7 Å². The minimum absolute atomic E-state index is 0.123. The minimum atomic E-state index is -0.507. The van der Waals surface area contributed by atoms with Crippen LogP contribution in [0.2, 0.25) is 0 Å². The minimum Gasteiger partial charge on any atom is -0.343 e. The van der Waals surface area contributed by atoms with E-state index in [1.165, 1.54) is 12.1 Å². The monoisotopic (exact) mass is 291 g/mol. The fraction of sp³-hybridized carbons (Fsp3) is 0.467. The number of amides is 2. The van der Waals surface area contributed by atoms with Gasteiger partial charge in [0.1, 0.15) is 11.9 Å². The van der Waals surface area contributed by atoms with Crippen molar-refractivity contribution in [1.82, 2.24) is 10.2 Å². The Labute approximate surface area is 122 Å². The number of carbonyl (C=O) groups excluding carboxylic acids is 2. The molecule has 0 radical (unpaired) electrons. The van der Waals surface area contributed by atoms with E-state index in [9.17, 15) is 14.0 Å². The van der Waals surface area contributed by atoms with Crippen molar-refractivity contribution in [2.24, 2.45) is 0 Å². The maximum atomic E-state index is 13.1. The molecule has 5 nitrogen and oxygen atoms in total. The van der Waals surface area contributed by atoms with Gasteiger partial charge in [-0.1, -0.05) is 6.07 Å². The molecular weight excluding hydrogens is 273 g/mol. The maximum absolute atomic E-state index is 13.1. The predicted octanol–water partition coefficient (Wildman–Crippen LogP) is 1.42. The molecule has 0 aromatic heterocycles. The number of hydrogen-bond acceptors (Lipinski definition) is 3. The molecule has 2 aliphatic rings. The van der Waals surface area contributed by atoms with Crippen LogP contribution in [0.5, 0.6) is 0 Å². The second kappa shape index (κ2) is 5.81. The fourth-order valence-electron chi connectivity index (χ4n) is 2.89. The highest BCUT2D eigenvalue weighted by atomic mass is 19.1. The number of anilines is 1. The largest absolute Gasteiger partial charge is 0.343 e. The van der Waals surface area contributed by atoms with Gasteiger partial charge in [0.25, 0.3) is 0 Å². The van der Waals surface area contributed by atoms with Crippen molar-refractivity contribution in [2.45, 2.75) is 25.3 Å². The quantitative estimate of drug-likeness (QED) is 0.882. The molecular formula is C15H18FN3O2. The summed E-state index contributed by atoms with van der Waals surface area (Å²) in [6.07, 6.45) is 2.52. The van der Waals surface area contributed by atoms with Crippen molar-refractivity contribution in [3.8, 4) is 0 Å². The molecule has 0 aliphatic carbocycles. The molecule has 6 heteroatoms. The Kier molecular flexibility index (Phi) is 3.88. The third-order valence-electron chi connectivity index (χ3n) is 3.99. The van der Waals surface area contributed by atoms with Gasteiger partial charge in [0, 0.05) is 37.3 Å². The van der Waals surface area contributed by atoms with Crippen LogP contribution in [0.25, 0.3) is 0 Å². The van der Waals surface area contributed by atoms with E-state index in [1.54, 1.807) is 6.07 Å². The number of likely N-dealkylation sites (tertiary alicyclic amines) is 1. The van der Waals surface area contributed by atoms with Gasteiger partial charge in [-0.3, -0.25) is 9.59 Å². The third kappa shape index (κ3) is 2.90. The fourth-order valence-corrected chi connectivity index (χ4v) is 2.89. The molecule has 1 aromatic rings. The van der Waals surface area contributed by atoms with E-state index in [1.807, 2.05) is 4.90 Å². The zero-order valence-corrected chi connectivity index (χ0v) is 11.7. The maximum Gasteiger partial charge on any atom is 0.246 e. The number of benzene rings is 1. The van der Waals surface area contributed by atoms with Crippen LogP contribution in [0.1, 0.15) is 30.9 Å². The summed E-state index contributed by atoms with van der Waals surface area (Å²) in [5.74, 6) is -0.458. The van der Waals surface area contributed by atoms with Gasteiger partial charge in [-0.05, 0) is 25.0 Å². The molecule has 0 saturated carbocycles. The average molecular weight is 291 g/mol. The van der Waals surface area contributed by atoms with Crippen LogP contribution < -0.4 is 10.6 Å². The van der Waals surface area contributed by atoms with Gasteiger partial charge in [-0.2, -0.15) is 0 Å². The Morgan fingerprint density at radius 2 is 2.14 bits per heavy atom. The number of halogens is 1. The first-order valence-corrected chi connectivity index (χ1v) is 7.26. The molecule has 112 valence electrons. The summed E-state index contributed by atoms with van der Waals surface area (Å²) in [6, 6.07) is 3.74. The third-order valence-corrected chi connectivity index (χ3v) is 3.99. The van der Waals surface area contributed by atoms with Crippen LogP contribution >= 0.6 is 0 Å². The first-order chi connectivity index (χ1) is 10.1. The molecule has 1 atom stereocenters.